The summed E-state index contributed by atoms with van der Waals surface area (Å²) in [6, 6.07) is 6.76. The van der Waals surface area contributed by atoms with Gasteiger partial charge in [0.05, 0.1) is 10.1 Å². The van der Waals surface area contributed by atoms with Crippen molar-refractivity contribution in [2.75, 3.05) is 0 Å². The Bertz CT molecular complexity index is 489. The Morgan fingerprint density at radius 2 is 1.78 bits per heavy atom. The van der Waals surface area contributed by atoms with Gasteiger partial charge in [-0.05, 0) is 32.4 Å². The average Bonchev–Trinajstić information content (AvgIpc) is 2.35. The molecule has 1 aromatic rings. The average molecular weight is 269 g/mol. The molecule has 0 spiro atoms. The van der Waals surface area contributed by atoms with Crippen molar-refractivity contribution in [2.45, 2.75) is 63.0 Å². The fourth-order valence-electron chi connectivity index (χ4n) is 1.85. The normalized spacial score (nSPS) is 16.1. The third kappa shape index (κ3) is 4.13. The number of unbranched alkanes of at least 4 members (excludes halogenated alkanes) is 3. The zero-order chi connectivity index (χ0) is 14.5. The molecule has 3 heteroatoms. The molecule has 18 heavy (non-hydrogen) atoms. The van der Waals surface area contributed by atoms with E-state index in [1.807, 2.05) is 6.92 Å². The number of sulfone groups is 1. The smallest absolute Gasteiger partial charge is 0.180 e. The van der Waals surface area contributed by atoms with Crippen LogP contribution in [-0.2, 0) is 9.84 Å². The van der Waals surface area contributed by atoms with Crippen LogP contribution in [0.2, 0.25) is 0 Å². The Morgan fingerprint density at radius 1 is 1.17 bits per heavy atom. The highest BCUT2D eigenvalue weighted by Gasteiger charge is 2.22. The Labute approximate surface area is 113 Å². The van der Waals surface area contributed by atoms with Crippen LogP contribution in [0.15, 0.2) is 29.2 Å². The van der Waals surface area contributed by atoms with Gasteiger partial charge in [-0.1, -0.05) is 50.3 Å². The van der Waals surface area contributed by atoms with Crippen LogP contribution in [0.3, 0.4) is 0 Å². The van der Waals surface area contributed by atoms with Crippen LogP contribution < -0.4 is 0 Å². The van der Waals surface area contributed by atoms with Crippen molar-refractivity contribution in [1.82, 2.24) is 0 Å². The highest BCUT2D eigenvalue weighted by molar-refractivity contribution is 7.92. The van der Waals surface area contributed by atoms with E-state index in [2.05, 4.69) is 6.92 Å². The number of aryl methyl sites for hydroxylation is 1. The Hall–Kier alpha value is -0.830. The molecule has 0 saturated carbocycles. The first-order chi connectivity index (χ1) is 8.81. The van der Waals surface area contributed by atoms with E-state index < -0.39 is 15.1 Å². The first-order valence-electron chi connectivity index (χ1n) is 7.12. The van der Waals surface area contributed by atoms with Crippen LogP contribution in [0.4, 0.5) is 0 Å². The lowest BCUT2D eigenvalue weighted by Gasteiger charge is -2.13. The van der Waals surface area contributed by atoms with Gasteiger partial charge in [-0.15, -0.1) is 0 Å². The van der Waals surface area contributed by atoms with Crippen molar-refractivity contribution >= 4 is 9.84 Å². The molecule has 0 aliphatic rings. The number of hydrogen-bond acceptors (Lipinski definition) is 2. The minimum absolute atomic E-state index is 0.256. The summed E-state index contributed by atoms with van der Waals surface area (Å²) in [7, 11) is -3.58. The standard InChI is InChI=1S/C15H24O2S/c1-4-5-6-7-8-14(3)18(16,17)15-11-9-13(2)10-12-15/h9-12,14H,4-8H2,1-3H3/t14-/m1/s1/i14D. The minimum atomic E-state index is -3.58. The molecule has 0 unspecified atom stereocenters. The minimum Gasteiger partial charge on any atom is -0.223 e. The Morgan fingerprint density at radius 3 is 2.33 bits per heavy atom. The van der Waals surface area contributed by atoms with E-state index in [-0.39, 0.29) is 4.90 Å². The van der Waals surface area contributed by atoms with Crippen LogP contribution >= 0.6 is 0 Å². The molecule has 1 rings (SSSR count). The maximum atomic E-state index is 12.4. The fraction of sp³-hybridized carbons (Fsp3) is 0.600. The molecule has 0 bridgehead atoms. The van der Waals surface area contributed by atoms with Gasteiger partial charge < -0.3 is 0 Å². The monoisotopic (exact) mass is 269 g/mol. The summed E-state index contributed by atoms with van der Waals surface area (Å²) in [6.07, 6.45) is 4.39. The first-order valence-corrected chi connectivity index (χ1v) is 8.11. The SMILES string of the molecule is [2H][C@@](C)(CCCCCC)S(=O)(=O)c1ccc(C)cc1. The first kappa shape index (κ1) is 13.6. The summed E-state index contributed by atoms with van der Waals surface area (Å²) in [5.41, 5.74) is 1.02. The maximum Gasteiger partial charge on any atom is 0.180 e. The zero-order valence-corrected chi connectivity index (χ0v) is 12.4. The predicted molar refractivity (Wildman–Crippen MR) is 76.6 cm³/mol. The van der Waals surface area contributed by atoms with Gasteiger partial charge in [-0.3, -0.25) is 0 Å². The Kier molecular flexibility index (Phi) is 5.24. The summed E-state index contributed by atoms with van der Waals surface area (Å²) < 4.78 is 33.1. The summed E-state index contributed by atoms with van der Waals surface area (Å²) in [4.78, 5) is 0.256. The lowest BCUT2D eigenvalue weighted by molar-refractivity contribution is 0.563. The van der Waals surface area contributed by atoms with Gasteiger partial charge in [0.1, 0.15) is 0 Å². The Balaban J connectivity index is 2.82. The molecule has 0 heterocycles. The van der Waals surface area contributed by atoms with E-state index in [1.54, 1.807) is 24.3 Å². The molecular weight excluding hydrogens is 244 g/mol. The molecule has 0 aliphatic heterocycles. The highest BCUT2D eigenvalue weighted by atomic mass is 32.2. The fourth-order valence-corrected chi connectivity index (χ4v) is 3.16. The van der Waals surface area contributed by atoms with Gasteiger partial charge in [0.2, 0.25) is 0 Å². The van der Waals surface area contributed by atoms with E-state index in [4.69, 9.17) is 1.37 Å². The molecule has 0 fully saturated rings. The van der Waals surface area contributed by atoms with Crippen molar-refractivity contribution in [3.05, 3.63) is 29.8 Å². The maximum absolute atomic E-state index is 12.4. The van der Waals surface area contributed by atoms with Gasteiger partial charge in [0.15, 0.2) is 9.84 Å². The van der Waals surface area contributed by atoms with Crippen LogP contribution in [-0.4, -0.2) is 13.6 Å². The van der Waals surface area contributed by atoms with Crippen LogP contribution in [0.5, 0.6) is 0 Å². The molecule has 0 N–H and O–H groups in total. The molecule has 0 aliphatic carbocycles. The molecule has 1 atom stereocenters. The molecule has 0 radical (unpaired) electrons. The van der Waals surface area contributed by atoms with E-state index in [1.165, 1.54) is 6.92 Å². The van der Waals surface area contributed by atoms with Gasteiger partial charge in [-0.2, -0.15) is 0 Å². The predicted octanol–water partition coefficient (Wildman–Crippen LogP) is 4.13. The van der Waals surface area contributed by atoms with Crippen molar-refractivity contribution < 1.29 is 9.79 Å². The largest absolute Gasteiger partial charge is 0.223 e. The number of rotatable bonds is 7. The number of hydrogen-bond donors (Lipinski definition) is 0. The van der Waals surface area contributed by atoms with Gasteiger partial charge in [-0.25, -0.2) is 8.42 Å². The number of benzene rings is 1. The summed E-state index contributed by atoms with van der Waals surface area (Å²) in [5, 5.41) is -1.43. The molecule has 1 aromatic carbocycles. The van der Waals surface area contributed by atoms with Crippen LogP contribution in [0, 0.1) is 6.92 Å². The molecule has 102 valence electrons. The third-order valence-electron chi connectivity index (χ3n) is 3.17. The van der Waals surface area contributed by atoms with E-state index in [0.29, 0.717) is 6.42 Å². The molecule has 0 saturated heterocycles. The van der Waals surface area contributed by atoms with E-state index >= 15 is 0 Å². The van der Waals surface area contributed by atoms with Crippen molar-refractivity contribution in [3.8, 4) is 0 Å². The second-order valence-corrected chi connectivity index (χ2v) is 7.00. The van der Waals surface area contributed by atoms with Crippen LogP contribution in [0.1, 0.15) is 52.9 Å². The summed E-state index contributed by atoms with van der Waals surface area (Å²) in [5.74, 6) is 0. The zero-order valence-electron chi connectivity index (χ0n) is 12.6. The van der Waals surface area contributed by atoms with Gasteiger partial charge >= 0.3 is 0 Å². The van der Waals surface area contributed by atoms with Crippen molar-refractivity contribution in [3.63, 3.8) is 0 Å². The van der Waals surface area contributed by atoms with E-state index in [9.17, 15) is 8.42 Å². The third-order valence-corrected chi connectivity index (χ3v) is 5.19. The summed E-state index contributed by atoms with van der Waals surface area (Å²) in [6.45, 7) is 5.54. The quantitative estimate of drug-likeness (QED) is 0.697. The molecular formula is C15H24O2S. The summed E-state index contributed by atoms with van der Waals surface area (Å²) >= 11 is 0. The molecule has 0 amide bonds. The highest BCUT2D eigenvalue weighted by Crippen LogP contribution is 2.20. The molecule has 2 nitrogen and oxygen atoms in total. The van der Waals surface area contributed by atoms with E-state index in [0.717, 1.165) is 31.2 Å². The lowest BCUT2D eigenvalue weighted by atomic mass is 10.1. The second kappa shape index (κ2) is 6.93. The lowest BCUT2D eigenvalue weighted by Crippen LogP contribution is -2.17. The van der Waals surface area contributed by atoms with Crippen molar-refractivity contribution in [2.24, 2.45) is 0 Å². The molecule has 0 aromatic heterocycles. The van der Waals surface area contributed by atoms with Crippen LogP contribution in [0.25, 0.3) is 0 Å². The van der Waals surface area contributed by atoms with Crippen molar-refractivity contribution in [1.29, 1.82) is 0 Å². The topological polar surface area (TPSA) is 34.1 Å². The van der Waals surface area contributed by atoms with Gasteiger partial charge in [0.25, 0.3) is 0 Å². The van der Waals surface area contributed by atoms with Gasteiger partial charge in [0, 0.05) is 1.37 Å². The second-order valence-electron chi connectivity index (χ2n) is 4.83.